The van der Waals surface area contributed by atoms with E-state index in [0.29, 0.717) is 22.8 Å². The van der Waals surface area contributed by atoms with Crippen molar-refractivity contribution in [3.8, 4) is 16.9 Å². The van der Waals surface area contributed by atoms with Crippen LogP contribution in [0.15, 0.2) is 53.8 Å². The summed E-state index contributed by atoms with van der Waals surface area (Å²) in [4.78, 5) is 14.3. The molecule has 3 fully saturated rings. The van der Waals surface area contributed by atoms with Crippen LogP contribution >= 0.6 is 0 Å². The number of hydrogen-bond donors (Lipinski definition) is 2. The Hall–Kier alpha value is -2.98. The highest BCUT2D eigenvalue weighted by molar-refractivity contribution is 5.95. The van der Waals surface area contributed by atoms with Crippen molar-refractivity contribution in [2.24, 2.45) is 41.0 Å². The summed E-state index contributed by atoms with van der Waals surface area (Å²) in [6.07, 6.45) is 3.66. The zero-order valence-corrected chi connectivity index (χ0v) is 27.7. The Kier molecular flexibility index (Phi) is 6.49. The van der Waals surface area contributed by atoms with Crippen molar-refractivity contribution in [1.29, 1.82) is 0 Å². The zero-order valence-electron chi connectivity index (χ0n) is 27.7. The van der Waals surface area contributed by atoms with Gasteiger partial charge in [0.05, 0.1) is 31.4 Å². The van der Waals surface area contributed by atoms with Crippen LogP contribution in [0.1, 0.15) is 65.4 Å². The van der Waals surface area contributed by atoms with Gasteiger partial charge in [-0.2, -0.15) is 5.10 Å². The summed E-state index contributed by atoms with van der Waals surface area (Å²) in [6.45, 7) is 14.6. The quantitative estimate of drug-likeness (QED) is 0.361. The van der Waals surface area contributed by atoms with Crippen LogP contribution in [0.2, 0.25) is 0 Å². The molecule has 1 unspecified atom stereocenters. The van der Waals surface area contributed by atoms with Gasteiger partial charge in [0, 0.05) is 18.5 Å². The van der Waals surface area contributed by atoms with E-state index in [9.17, 15) is 15.0 Å². The topological polar surface area (TPSA) is 112 Å². The lowest BCUT2D eigenvalue weighted by molar-refractivity contribution is -0.317. The van der Waals surface area contributed by atoms with Crippen molar-refractivity contribution in [1.82, 2.24) is 9.78 Å². The van der Waals surface area contributed by atoms with Gasteiger partial charge in [-0.1, -0.05) is 52.0 Å². The maximum absolute atomic E-state index is 14.3. The van der Waals surface area contributed by atoms with Crippen molar-refractivity contribution in [2.75, 3.05) is 13.7 Å². The summed E-state index contributed by atoms with van der Waals surface area (Å²) in [6, 6.07) is 7.39. The number of carbonyl (C=O) groups excluding carboxylic acids is 1. The van der Waals surface area contributed by atoms with Gasteiger partial charge in [-0.05, 0) is 78.7 Å². The van der Waals surface area contributed by atoms with Gasteiger partial charge in [0.1, 0.15) is 17.5 Å². The number of aryl methyl sites for hydroxylation is 1. The van der Waals surface area contributed by atoms with Crippen LogP contribution in [0, 0.1) is 34.0 Å². The molecule has 5 aliphatic rings. The fraction of sp³-hybridized carbons (Fsp3) is 0.611. The fourth-order valence-corrected chi connectivity index (χ4v) is 9.77. The van der Waals surface area contributed by atoms with E-state index in [1.54, 1.807) is 20.4 Å². The number of benzene rings is 1. The first kappa shape index (κ1) is 30.7. The molecule has 1 saturated heterocycles. The van der Waals surface area contributed by atoms with Crippen molar-refractivity contribution in [2.45, 2.75) is 84.6 Å². The zero-order chi connectivity index (χ0) is 32.5. The molecule has 2 bridgehead atoms. The predicted molar refractivity (Wildman–Crippen MR) is 167 cm³/mol. The van der Waals surface area contributed by atoms with Crippen LogP contribution in [-0.4, -0.2) is 69.4 Å². The van der Waals surface area contributed by atoms with Crippen LogP contribution in [0.3, 0.4) is 0 Å². The molecule has 2 saturated carbocycles. The van der Waals surface area contributed by atoms with Gasteiger partial charge in [0.15, 0.2) is 17.6 Å². The monoisotopic (exact) mass is 618 g/mol. The molecular weight excluding hydrogens is 572 g/mol. The summed E-state index contributed by atoms with van der Waals surface area (Å²) in [5, 5.41) is 30.6. The fourth-order valence-electron chi connectivity index (χ4n) is 9.77. The molecule has 7 rings (SSSR count). The number of rotatable bonds is 4. The number of fused-ring (bicyclic) bond motifs is 5. The number of carbonyl (C=O) groups is 1. The van der Waals surface area contributed by atoms with Crippen molar-refractivity contribution in [3.05, 3.63) is 59.5 Å². The minimum atomic E-state index is -1.82. The minimum absolute atomic E-state index is 0.0514. The molecule has 2 aromatic rings. The lowest BCUT2D eigenvalue weighted by Crippen LogP contribution is -2.71. The SMILES string of the molecule is COc1ccc(-c2cnn(C)c2C(=O)O[C@H]2C(C)=C[C@]34C(O)[C@@H](C=C5COC(C)(C)O[C@H]5[C@]23O)[C@H]2[C@@H](CC4(C)C)C2(C)C)cc1. The molecule has 9 nitrogen and oxygen atoms in total. The number of nitrogens with zero attached hydrogens (tertiary/aromatic N) is 2. The second-order valence-corrected chi connectivity index (χ2v) is 15.6. The summed E-state index contributed by atoms with van der Waals surface area (Å²) >= 11 is 0. The van der Waals surface area contributed by atoms with Crippen molar-refractivity contribution >= 4 is 5.97 Å². The number of aliphatic hydroxyl groups excluding tert-OH is 1. The second kappa shape index (κ2) is 9.53. The van der Waals surface area contributed by atoms with Crippen LogP contribution in [-0.2, 0) is 21.3 Å². The standard InChI is InChI=1S/C36H46N2O7/c1-19-15-35-28(39)23(26-25(33(26,4)5)16-32(35,2)3)14-21-18-43-34(6,7)45-30(21)36(35,41)29(19)44-31(40)27-24(17-37-38(27)8)20-10-12-22(42-9)13-11-20/h10-15,17,23,25-26,28-30,39,41H,16,18H2,1-9H3/t23-,25+,26-,28?,29-,30+,35+,36+/m0/s1. The summed E-state index contributed by atoms with van der Waals surface area (Å²) < 4.78 is 26.0. The Morgan fingerprint density at radius 3 is 2.47 bits per heavy atom. The normalized spacial score (nSPS) is 38.4. The molecule has 1 spiro atoms. The van der Waals surface area contributed by atoms with Gasteiger partial charge < -0.3 is 29.2 Å². The van der Waals surface area contributed by atoms with E-state index >= 15 is 0 Å². The van der Waals surface area contributed by atoms with Crippen LogP contribution < -0.4 is 4.74 Å². The molecular formula is C36H46N2O7. The third-order valence-corrected chi connectivity index (χ3v) is 12.1. The Bertz CT molecular complexity index is 1620. The molecule has 2 N–H and O–H groups in total. The summed E-state index contributed by atoms with van der Waals surface area (Å²) in [7, 11) is 3.30. The number of esters is 1. The second-order valence-electron chi connectivity index (χ2n) is 15.6. The molecule has 45 heavy (non-hydrogen) atoms. The van der Waals surface area contributed by atoms with Gasteiger partial charge in [-0.3, -0.25) is 4.68 Å². The summed E-state index contributed by atoms with van der Waals surface area (Å²) in [5.41, 5.74) is -0.406. The van der Waals surface area contributed by atoms with E-state index in [4.69, 9.17) is 18.9 Å². The highest BCUT2D eigenvalue weighted by atomic mass is 16.7. The third kappa shape index (κ3) is 4.00. The molecule has 0 amide bonds. The Morgan fingerprint density at radius 2 is 1.80 bits per heavy atom. The first-order valence-corrected chi connectivity index (χ1v) is 16.0. The van der Waals surface area contributed by atoms with Crippen molar-refractivity contribution < 1.29 is 34.0 Å². The van der Waals surface area contributed by atoms with E-state index in [1.807, 2.05) is 51.1 Å². The first-order valence-electron chi connectivity index (χ1n) is 16.0. The average molecular weight is 619 g/mol. The maximum atomic E-state index is 14.3. The van der Waals surface area contributed by atoms with Crippen LogP contribution in [0.25, 0.3) is 11.1 Å². The smallest absolute Gasteiger partial charge is 0.357 e. The van der Waals surface area contributed by atoms with Gasteiger partial charge in [-0.25, -0.2) is 4.79 Å². The average Bonchev–Trinajstić information content (AvgIpc) is 3.22. The maximum Gasteiger partial charge on any atom is 0.357 e. The van der Waals surface area contributed by atoms with E-state index in [-0.39, 0.29) is 29.6 Å². The third-order valence-electron chi connectivity index (χ3n) is 12.1. The van der Waals surface area contributed by atoms with Crippen LogP contribution in [0.4, 0.5) is 0 Å². The lowest BCUT2D eigenvalue weighted by Gasteiger charge is -2.58. The van der Waals surface area contributed by atoms with Crippen LogP contribution in [0.5, 0.6) is 5.75 Å². The van der Waals surface area contributed by atoms with E-state index in [1.165, 1.54) is 4.68 Å². The molecule has 1 aromatic heterocycles. The van der Waals surface area contributed by atoms with E-state index in [0.717, 1.165) is 17.6 Å². The molecule has 1 aliphatic heterocycles. The Balaban J connectivity index is 1.36. The van der Waals surface area contributed by atoms with Crippen molar-refractivity contribution in [3.63, 3.8) is 0 Å². The molecule has 0 radical (unpaired) electrons. The van der Waals surface area contributed by atoms with E-state index < -0.39 is 46.5 Å². The molecule has 8 atom stereocenters. The van der Waals surface area contributed by atoms with Gasteiger partial charge in [0.25, 0.3) is 0 Å². The number of hydrogen-bond acceptors (Lipinski definition) is 8. The number of aromatic nitrogens is 2. The minimum Gasteiger partial charge on any atom is -0.497 e. The molecule has 9 heteroatoms. The lowest BCUT2D eigenvalue weighted by atomic mass is 9.51. The van der Waals surface area contributed by atoms with Gasteiger partial charge in [-0.15, -0.1) is 0 Å². The molecule has 1 aromatic carbocycles. The molecule has 2 heterocycles. The van der Waals surface area contributed by atoms with Gasteiger partial charge in [0.2, 0.25) is 0 Å². The predicted octanol–water partition coefficient (Wildman–Crippen LogP) is 5.07. The largest absolute Gasteiger partial charge is 0.497 e. The first-order chi connectivity index (χ1) is 21.0. The molecule has 4 aliphatic carbocycles. The number of ether oxygens (including phenoxy) is 4. The highest BCUT2D eigenvalue weighted by Gasteiger charge is 2.79. The Labute approximate surface area is 265 Å². The molecule has 242 valence electrons. The van der Waals surface area contributed by atoms with E-state index in [2.05, 4.69) is 38.9 Å². The van der Waals surface area contributed by atoms with Gasteiger partial charge >= 0.3 is 5.97 Å². The number of methoxy groups -OCH3 is 1. The number of aliphatic hydroxyl groups is 2. The summed E-state index contributed by atoms with van der Waals surface area (Å²) in [5.74, 6) is -0.517. The Morgan fingerprint density at radius 1 is 1.11 bits per heavy atom. The highest BCUT2D eigenvalue weighted by Crippen LogP contribution is 2.76.